The Balaban J connectivity index is 1.55. The molecule has 2 aromatic heterocycles. The van der Waals surface area contributed by atoms with Gasteiger partial charge >= 0.3 is 6.18 Å². The molecule has 2 aliphatic rings. The molecule has 1 aliphatic heterocycles. The zero-order valence-corrected chi connectivity index (χ0v) is 18.0. The van der Waals surface area contributed by atoms with E-state index < -0.39 is 28.9 Å². The maximum atomic E-state index is 14.7. The van der Waals surface area contributed by atoms with Gasteiger partial charge in [0.2, 0.25) is 0 Å². The van der Waals surface area contributed by atoms with Crippen molar-refractivity contribution in [3.8, 4) is 0 Å². The summed E-state index contributed by atoms with van der Waals surface area (Å²) >= 11 is 0. The average Bonchev–Trinajstić information content (AvgIpc) is 3.47. The van der Waals surface area contributed by atoms with Gasteiger partial charge in [-0.15, -0.1) is 10.2 Å². The van der Waals surface area contributed by atoms with Gasteiger partial charge in [-0.3, -0.25) is 9.30 Å². The van der Waals surface area contributed by atoms with Crippen LogP contribution in [0, 0.1) is 17.6 Å². The van der Waals surface area contributed by atoms with Gasteiger partial charge in [0.25, 0.3) is 0 Å². The summed E-state index contributed by atoms with van der Waals surface area (Å²) in [5, 5.41) is 7.91. The largest absolute Gasteiger partial charge is 0.420 e. The van der Waals surface area contributed by atoms with Gasteiger partial charge in [0, 0.05) is 37.3 Å². The lowest BCUT2D eigenvalue weighted by molar-refractivity contribution is -0.138. The molecule has 1 saturated heterocycles. The van der Waals surface area contributed by atoms with Crippen LogP contribution in [0.25, 0.3) is 5.65 Å². The summed E-state index contributed by atoms with van der Waals surface area (Å²) in [5.41, 5.74) is -1.94. The highest BCUT2D eigenvalue weighted by molar-refractivity contribution is 5.54. The fourth-order valence-corrected chi connectivity index (χ4v) is 4.62. The number of hydrogen-bond donors (Lipinski definition) is 0. The van der Waals surface area contributed by atoms with Crippen molar-refractivity contribution in [2.75, 3.05) is 19.8 Å². The molecule has 3 aromatic rings. The quantitative estimate of drug-likeness (QED) is 0.510. The maximum absolute atomic E-state index is 14.7. The zero-order chi connectivity index (χ0) is 23.4. The first-order valence-corrected chi connectivity index (χ1v) is 10.9. The summed E-state index contributed by atoms with van der Waals surface area (Å²) in [6.45, 7) is 2.23. The number of alkyl halides is 3. The molecule has 0 unspecified atom stereocenters. The van der Waals surface area contributed by atoms with E-state index in [1.807, 2.05) is 0 Å². The molecule has 10 heteroatoms. The third-order valence-electron chi connectivity index (χ3n) is 6.65. The summed E-state index contributed by atoms with van der Waals surface area (Å²) < 4.78 is 77.8. The SMILES string of the molecule is C[C@@]1(c2ccc(F)cc2F)COCCN1Cc1ccn2c(CC3CC3)nnc2c1C(F)(F)F. The molecule has 0 bridgehead atoms. The van der Waals surface area contributed by atoms with E-state index in [2.05, 4.69) is 10.2 Å². The minimum Gasteiger partial charge on any atom is -0.378 e. The first kappa shape index (κ1) is 22.2. The lowest BCUT2D eigenvalue weighted by Gasteiger charge is -2.45. The van der Waals surface area contributed by atoms with Crippen molar-refractivity contribution in [3.05, 3.63) is 64.6 Å². The van der Waals surface area contributed by atoms with Crippen molar-refractivity contribution in [1.82, 2.24) is 19.5 Å². The van der Waals surface area contributed by atoms with E-state index in [0.717, 1.165) is 25.0 Å². The predicted octanol–water partition coefficient (Wildman–Crippen LogP) is 4.73. The fourth-order valence-electron chi connectivity index (χ4n) is 4.62. The molecule has 0 N–H and O–H groups in total. The van der Waals surface area contributed by atoms with Gasteiger partial charge in [-0.1, -0.05) is 6.07 Å². The third-order valence-corrected chi connectivity index (χ3v) is 6.65. The van der Waals surface area contributed by atoms with Crippen LogP contribution in [0.15, 0.2) is 30.5 Å². The zero-order valence-electron chi connectivity index (χ0n) is 18.0. The van der Waals surface area contributed by atoms with E-state index in [9.17, 15) is 22.0 Å². The summed E-state index contributed by atoms with van der Waals surface area (Å²) in [5.74, 6) is -0.511. The first-order valence-electron chi connectivity index (χ1n) is 10.9. The van der Waals surface area contributed by atoms with Gasteiger partial charge in [-0.2, -0.15) is 13.2 Å². The Hall–Kier alpha value is -2.59. The predicted molar refractivity (Wildman–Crippen MR) is 109 cm³/mol. The van der Waals surface area contributed by atoms with Gasteiger partial charge < -0.3 is 4.74 Å². The molecule has 1 atom stereocenters. The van der Waals surface area contributed by atoms with Crippen LogP contribution in [0.3, 0.4) is 0 Å². The van der Waals surface area contributed by atoms with Crippen LogP contribution in [0.1, 0.15) is 42.3 Å². The molecular weight excluding hydrogens is 443 g/mol. The molecular formula is C23H23F5N4O. The standard InChI is InChI=1S/C23H23F5N4O/c1-22(17-5-4-16(24)11-18(17)25)13-33-9-8-31(22)12-15-6-7-32-19(10-14-2-3-14)29-30-21(32)20(15)23(26,27)28/h4-7,11,14H,2-3,8-10,12-13H2,1H3/t22-/m0/s1. The summed E-state index contributed by atoms with van der Waals surface area (Å²) in [7, 11) is 0. The molecule has 3 heterocycles. The Morgan fingerprint density at radius 3 is 2.64 bits per heavy atom. The molecule has 33 heavy (non-hydrogen) atoms. The van der Waals surface area contributed by atoms with Crippen LogP contribution < -0.4 is 0 Å². The number of morpholine rings is 1. The number of rotatable bonds is 5. The second kappa shape index (κ2) is 8.02. The van der Waals surface area contributed by atoms with Crippen molar-refractivity contribution in [3.63, 3.8) is 0 Å². The Kier molecular flexibility index (Phi) is 5.40. The molecule has 1 aromatic carbocycles. The Morgan fingerprint density at radius 2 is 1.94 bits per heavy atom. The number of hydrogen-bond acceptors (Lipinski definition) is 4. The van der Waals surface area contributed by atoms with E-state index >= 15 is 0 Å². The van der Waals surface area contributed by atoms with Crippen LogP contribution in [0.2, 0.25) is 0 Å². The number of aromatic nitrogens is 3. The van der Waals surface area contributed by atoms with E-state index in [-0.39, 0.29) is 36.5 Å². The van der Waals surface area contributed by atoms with Crippen LogP contribution in [0.5, 0.6) is 0 Å². The summed E-state index contributed by atoms with van der Waals surface area (Å²) in [6, 6.07) is 4.68. The van der Waals surface area contributed by atoms with E-state index in [4.69, 9.17) is 4.74 Å². The van der Waals surface area contributed by atoms with Crippen molar-refractivity contribution in [1.29, 1.82) is 0 Å². The van der Waals surface area contributed by atoms with E-state index in [0.29, 0.717) is 24.8 Å². The van der Waals surface area contributed by atoms with Crippen molar-refractivity contribution in [2.45, 2.75) is 44.4 Å². The molecule has 2 fully saturated rings. The number of benzene rings is 1. The second-order valence-electron chi connectivity index (χ2n) is 9.04. The molecule has 5 rings (SSSR count). The Labute approximate surface area is 187 Å². The summed E-state index contributed by atoms with van der Waals surface area (Å²) in [4.78, 5) is 1.75. The van der Waals surface area contributed by atoms with Crippen LogP contribution in [-0.4, -0.2) is 39.3 Å². The minimum atomic E-state index is -4.65. The van der Waals surface area contributed by atoms with Crippen LogP contribution in [0.4, 0.5) is 22.0 Å². The molecule has 0 radical (unpaired) electrons. The number of fused-ring (bicyclic) bond motifs is 1. The molecule has 1 aliphatic carbocycles. The van der Waals surface area contributed by atoms with Gasteiger partial charge in [0.1, 0.15) is 23.0 Å². The number of ether oxygens (including phenoxy) is 1. The van der Waals surface area contributed by atoms with E-state index in [1.165, 1.54) is 16.5 Å². The monoisotopic (exact) mass is 466 g/mol. The van der Waals surface area contributed by atoms with Crippen molar-refractivity contribution in [2.24, 2.45) is 5.92 Å². The van der Waals surface area contributed by atoms with Gasteiger partial charge in [-0.25, -0.2) is 8.78 Å². The molecule has 0 spiro atoms. The smallest absolute Gasteiger partial charge is 0.378 e. The third kappa shape index (κ3) is 4.10. The van der Waals surface area contributed by atoms with Crippen LogP contribution in [-0.2, 0) is 29.4 Å². The highest BCUT2D eigenvalue weighted by Gasteiger charge is 2.42. The van der Waals surface area contributed by atoms with Gasteiger partial charge in [0.15, 0.2) is 5.65 Å². The average molecular weight is 466 g/mol. The highest BCUT2D eigenvalue weighted by atomic mass is 19.4. The van der Waals surface area contributed by atoms with Gasteiger partial charge in [0.05, 0.1) is 18.8 Å². The molecule has 5 nitrogen and oxygen atoms in total. The molecule has 0 amide bonds. The Morgan fingerprint density at radius 1 is 1.15 bits per heavy atom. The van der Waals surface area contributed by atoms with Gasteiger partial charge in [-0.05, 0) is 43.4 Å². The normalized spacial score (nSPS) is 22.2. The molecule has 176 valence electrons. The van der Waals surface area contributed by atoms with Crippen molar-refractivity contribution >= 4 is 5.65 Å². The van der Waals surface area contributed by atoms with E-state index in [1.54, 1.807) is 18.0 Å². The number of pyridine rings is 1. The lowest BCUT2D eigenvalue weighted by Crippen LogP contribution is -2.52. The summed E-state index contributed by atoms with van der Waals surface area (Å²) in [6.07, 6.45) is -0.369. The lowest BCUT2D eigenvalue weighted by atomic mass is 9.88. The number of halogens is 5. The Bertz CT molecular complexity index is 1190. The molecule has 1 saturated carbocycles. The highest BCUT2D eigenvalue weighted by Crippen LogP contribution is 2.39. The van der Waals surface area contributed by atoms with Crippen LogP contribution >= 0.6 is 0 Å². The maximum Gasteiger partial charge on any atom is 0.420 e. The topological polar surface area (TPSA) is 42.7 Å². The minimum absolute atomic E-state index is 0.0241. The second-order valence-corrected chi connectivity index (χ2v) is 9.04. The first-order chi connectivity index (χ1) is 15.7. The van der Waals surface area contributed by atoms with Crippen molar-refractivity contribution < 1.29 is 26.7 Å². The fraction of sp³-hybridized carbons (Fsp3) is 0.478. The number of nitrogens with zero attached hydrogens (tertiary/aromatic N) is 4.